The van der Waals surface area contributed by atoms with Crippen molar-refractivity contribution in [1.29, 1.82) is 5.26 Å². The van der Waals surface area contributed by atoms with Gasteiger partial charge in [0.05, 0.1) is 37.0 Å². The molecule has 146 valence electrons. The molecule has 1 heterocycles. The second-order valence-electron chi connectivity index (χ2n) is 6.32. The minimum atomic E-state index is -4.50. The number of carbonyl (C=O) groups excluding carboxylic acids is 1. The fourth-order valence-electron chi connectivity index (χ4n) is 2.91. The SMILES string of the molecule is N#Cc1ccc(CN(C(=O)N2CCOCC2)c2cccc(C(F)(F)F)c2)cc1. The Balaban J connectivity index is 1.93. The second kappa shape index (κ2) is 8.31. The number of nitriles is 1. The molecule has 5 nitrogen and oxygen atoms in total. The summed E-state index contributed by atoms with van der Waals surface area (Å²) < 4.78 is 44.7. The number of nitrogens with zero attached hydrogens (tertiary/aromatic N) is 3. The lowest BCUT2D eigenvalue weighted by Crippen LogP contribution is -2.48. The lowest BCUT2D eigenvalue weighted by molar-refractivity contribution is -0.137. The zero-order valence-corrected chi connectivity index (χ0v) is 14.9. The van der Waals surface area contributed by atoms with E-state index in [9.17, 15) is 18.0 Å². The molecule has 0 bridgehead atoms. The van der Waals surface area contributed by atoms with Gasteiger partial charge < -0.3 is 9.64 Å². The molecule has 2 amide bonds. The van der Waals surface area contributed by atoms with Crippen molar-refractivity contribution in [3.8, 4) is 6.07 Å². The minimum absolute atomic E-state index is 0.0865. The molecule has 0 N–H and O–H groups in total. The number of morpholine rings is 1. The van der Waals surface area contributed by atoms with E-state index in [1.807, 2.05) is 6.07 Å². The van der Waals surface area contributed by atoms with Crippen LogP contribution in [0.1, 0.15) is 16.7 Å². The van der Waals surface area contributed by atoms with Gasteiger partial charge in [0.1, 0.15) is 0 Å². The van der Waals surface area contributed by atoms with Crippen molar-refractivity contribution in [2.75, 3.05) is 31.2 Å². The van der Waals surface area contributed by atoms with E-state index in [1.54, 1.807) is 29.2 Å². The van der Waals surface area contributed by atoms with Gasteiger partial charge in [0, 0.05) is 18.8 Å². The monoisotopic (exact) mass is 389 g/mol. The first-order valence-electron chi connectivity index (χ1n) is 8.69. The number of amides is 2. The normalized spacial score (nSPS) is 14.4. The Morgan fingerprint density at radius 3 is 2.43 bits per heavy atom. The predicted molar refractivity (Wildman–Crippen MR) is 96.6 cm³/mol. The molecule has 28 heavy (non-hydrogen) atoms. The molecule has 0 radical (unpaired) electrons. The highest BCUT2D eigenvalue weighted by Gasteiger charge is 2.32. The first kappa shape index (κ1) is 19.7. The topological polar surface area (TPSA) is 56.6 Å². The Labute approximate surface area is 160 Å². The molecule has 0 unspecified atom stereocenters. The van der Waals surface area contributed by atoms with E-state index in [0.29, 0.717) is 37.4 Å². The smallest absolute Gasteiger partial charge is 0.378 e. The van der Waals surface area contributed by atoms with Crippen LogP contribution in [0.3, 0.4) is 0 Å². The van der Waals surface area contributed by atoms with Crippen molar-refractivity contribution >= 4 is 11.7 Å². The van der Waals surface area contributed by atoms with Gasteiger partial charge in [-0.2, -0.15) is 18.4 Å². The van der Waals surface area contributed by atoms with Crippen LogP contribution in [0.4, 0.5) is 23.7 Å². The van der Waals surface area contributed by atoms with Gasteiger partial charge in [0.2, 0.25) is 0 Å². The first-order valence-corrected chi connectivity index (χ1v) is 8.69. The Morgan fingerprint density at radius 1 is 1.14 bits per heavy atom. The summed E-state index contributed by atoms with van der Waals surface area (Å²) in [4.78, 5) is 15.9. The highest BCUT2D eigenvalue weighted by molar-refractivity contribution is 5.92. The van der Waals surface area contributed by atoms with Crippen molar-refractivity contribution in [3.05, 3.63) is 65.2 Å². The number of halogens is 3. The van der Waals surface area contributed by atoms with Crippen LogP contribution in [0.5, 0.6) is 0 Å². The number of hydrogen-bond acceptors (Lipinski definition) is 3. The third-order valence-corrected chi connectivity index (χ3v) is 4.42. The number of anilines is 1. The van der Waals surface area contributed by atoms with Gasteiger partial charge in [-0.1, -0.05) is 18.2 Å². The number of alkyl halides is 3. The quantitative estimate of drug-likeness (QED) is 0.796. The van der Waals surface area contributed by atoms with Crippen LogP contribution in [0.15, 0.2) is 48.5 Å². The Morgan fingerprint density at radius 2 is 1.82 bits per heavy atom. The third kappa shape index (κ3) is 4.61. The molecule has 0 spiro atoms. The molecule has 1 fully saturated rings. The summed E-state index contributed by atoms with van der Waals surface area (Å²) in [6, 6.07) is 12.9. The molecule has 1 aliphatic heterocycles. The fraction of sp³-hybridized carbons (Fsp3) is 0.300. The maximum Gasteiger partial charge on any atom is 0.416 e. The maximum atomic E-state index is 13.1. The summed E-state index contributed by atoms with van der Waals surface area (Å²) in [5.41, 5.74) is 0.521. The van der Waals surface area contributed by atoms with Crippen molar-refractivity contribution < 1.29 is 22.7 Å². The average Bonchev–Trinajstić information content (AvgIpc) is 2.72. The van der Waals surface area contributed by atoms with Gasteiger partial charge in [-0.25, -0.2) is 4.79 Å². The van der Waals surface area contributed by atoms with E-state index in [4.69, 9.17) is 10.00 Å². The molecule has 0 saturated carbocycles. The van der Waals surface area contributed by atoms with Crippen molar-refractivity contribution in [2.24, 2.45) is 0 Å². The summed E-state index contributed by atoms with van der Waals surface area (Å²) in [5, 5.41) is 8.91. The number of hydrogen-bond donors (Lipinski definition) is 0. The Kier molecular flexibility index (Phi) is 5.85. The van der Waals surface area contributed by atoms with Crippen molar-refractivity contribution in [3.63, 3.8) is 0 Å². The van der Waals surface area contributed by atoms with Crippen LogP contribution in [0, 0.1) is 11.3 Å². The number of urea groups is 1. The maximum absolute atomic E-state index is 13.1. The number of carbonyl (C=O) groups is 1. The summed E-state index contributed by atoms with van der Waals surface area (Å²) in [6.45, 7) is 1.62. The van der Waals surface area contributed by atoms with E-state index in [0.717, 1.165) is 12.1 Å². The molecule has 1 aliphatic rings. The molecule has 1 saturated heterocycles. The van der Waals surface area contributed by atoms with Crippen LogP contribution >= 0.6 is 0 Å². The molecular formula is C20H18F3N3O2. The molecule has 2 aromatic rings. The van der Waals surface area contributed by atoms with Crippen LogP contribution in [0.2, 0.25) is 0 Å². The molecule has 2 aromatic carbocycles. The van der Waals surface area contributed by atoms with E-state index in [2.05, 4.69) is 0 Å². The van der Waals surface area contributed by atoms with E-state index in [1.165, 1.54) is 17.0 Å². The summed E-state index contributed by atoms with van der Waals surface area (Å²) in [5.74, 6) is 0. The minimum Gasteiger partial charge on any atom is -0.378 e. The number of ether oxygens (including phenoxy) is 1. The molecule has 0 aromatic heterocycles. The van der Waals surface area contributed by atoms with Crippen LogP contribution in [-0.2, 0) is 17.5 Å². The lowest BCUT2D eigenvalue weighted by Gasteiger charge is -2.33. The van der Waals surface area contributed by atoms with Crippen LogP contribution < -0.4 is 4.90 Å². The van der Waals surface area contributed by atoms with Crippen LogP contribution in [-0.4, -0.2) is 37.2 Å². The fourth-order valence-corrected chi connectivity index (χ4v) is 2.91. The molecular weight excluding hydrogens is 371 g/mol. The Hall–Kier alpha value is -3.05. The van der Waals surface area contributed by atoms with Crippen LogP contribution in [0.25, 0.3) is 0 Å². The molecule has 0 aliphatic carbocycles. The highest BCUT2D eigenvalue weighted by atomic mass is 19.4. The summed E-state index contributed by atoms with van der Waals surface area (Å²) >= 11 is 0. The van der Waals surface area contributed by atoms with E-state index in [-0.39, 0.29) is 18.3 Å². The van der Waals surface area contributed by atoms with Gasteiger partial charge in [0.15, 0.2) is 0 Å². The second-order valence-corrected chi connectivity index (χ2v) is 6.32. The Bertz CT molecular complexity index is 870. The van der Waals surface area contributed by atoms with E-state index < -0.39 is 11.7 Å². The number of benzene rings is 2. The van der Waals surface area contributed by atoms with E-state index >= 15 is 0 Å². The number of rotatable bonds is 3. The van der Waals surface area contributed by atoms with Gasteiger partial charge >= 0.3 is 12.2 Å². The third-order valence-electron chi connectivity index (χ3n) is 4.42. The largest absolute Gasteiger partial charge is 0.416 e. The zero-order chi connectivity index (χ0) is 20.1. The molecule has 3 rings (SSSR count). The summed E-state index contributed by atoms with van der Waals surface area (Å²) in [7, 11) is 0. The summed E-state index contributed by atoms with van der Waals surface area (Å²) in [6.07, 6.45) is -4.50. The first-order chi connectivity index (χ1) is 13.4. The lowest BCUT2D eigenvalue weighted by atomic mass is 10.1. The highest BCUT2D eigenvalue weighted by Crippen LogP contribution is 2.32. The predicted octanol–water partition coefficient (Wildman–Crippen LogP) is 4.04. The van der Waals surface area contributed by atoms with Gasteiger partial charge in [-0.05, 0) is 35.9 Å². The van der Waals surface area contributed by atoms with Gasteiger partial charge in [-0.3, -0.25) is 4.90 Å². The zero-order valence-electron chi connectivity index (χ0n) is 14.9. The molecule has 8 heteroatoms. The molecule has 0 atom stereocenters. The standard InChI is InChI=1S/C20H18F3N3O2/c21-20(22,23)17-2-1-3-18(12-17)26(19(27)25-8-10-28-11-9-25)14-16-6-4-15(13-24)5-7-16/h1-7,12H,8-11,14H2. The van der Waals surface area contributed by atoms with Gasteiger partial charge in [-0.15, -0.1) is 0 Å². The van der Waals surface area contributed by atoms with Gasteiger partial charge in [0.25, 0.3) is 0 Å². The average molecular weight is 389 g/mol. The van der Waals surface area contributed by atoms with Crippen molar-refractivity contribution in [1.82, 2.24) is 4.90 Å². The van der Waals surface area contributed by atoms with Crippen molar-refractivity contribution in [2.45, 2.75) is 12.7 Å².